The number of benzene rings is 2. The Bertz CT molecular complexity index is 1260. The van der Waals surface area contributed by atoms with Crippen LogP contribution in [-0.2, 0) is 16.4 Å². The molecule has 0 aliphatic carbocycles. The third kappa shape index (κ3) is 5.50. The second-order valence-corrected chi connectivity index (χ2v) is 11.1. The number of ether oxygens (including phenoxy) is 1. The van der Waals surface area contributed by atoms with Crippen LogP contribution in [0.25, 0.3) is 11.3 Å². The van der Waals surface area contributed by atoms with Crippen molar-refractivity contribution in [1.82, 2.24) is 10.1 Å². The molecule has 1 fully saturated rings. The van der Waals surface area contributed by atoms with Gasteiger partial charge in [0.15, 0.2) is 21.3 Å². The molecule has 1 amide bonds. The average molecular weight is 483 g/mol. The second-order valence-electron chi connectivity index (χ2n) is 8.86. The van der Waals surface area contributed by atoms with E-state index in [4.69, 9.17) is 9.26 Å². The molecule has 2 heterocycles. The fourth-order valence-electron chi connectivity index (χ4n) is 4.05. The highest BCUT2D eigenvalue weighted by molar-refractivity contribution is 7.91. The molecule has 0 N–H and O–H groups in total. The van der Waals surface area contributed by atoms with Gasteiger partial charge in [-0.15, -0.1) is 0 Å². The summed E-state index contributed by atoms with van der Waals surface area (Å²) in [5, 5.41) is 4.03. The Morgan fingerprint density at radius 2 is 1.88 bits per heavy atom. The number of hydrogen-bond donors (Lipinski definition) is 0. The maximum Gasteiger partial charge on any atom is 0.276 e. The third-order valence-corrected chi connectivity index (χ3v) is 7.93. The maximum absolute atomic E-state index is 13.5. The summed E-state index contributed by atoms with van der Waals surface area (Å²) in [5.74, 6) is 0.965. The van der Waals surface area contributed by atoms with Crippen molar-refractivity contribution in [2.75, 3.05) is 18.1 Å². The number of rotatable bonds is 8. The highest BCUT2D eigenvalue weighted by atomic mass is 32.2. The smallest absolute Gasteiger partial charge is 0.276 e. The van der Waals surface area contributed by atoms with Crippen LogP contribution in [0, 0.1) is 13.8 Å². The minimum Gasteiger partial charge on any atom is -0.494 e. The number of sulfone groups is 1. The van der Waals surface area contributed by atoms with Crippen LogP contribution in [0.15, 0.2) is 53.1 Å². The summed E-state index contributed by atoms with van der Waals surface area (Å²) < 4.78 is 35.5. The van der Waals surface area contributed by atoms with Crippen molar-refractivity contribution in [3.05, 3.63) is 70.9 Å². The van der Waals surface area contributed by atoms with Crippen molar-refractivity contribution in [3.8, 4) is 17.1 Å². The van der Waals surface area contributed by atoms with Gasteiger partial charge in [-0.2, -0.15) is 0 Å². The Hall–Kier alpha value is -3.13. The number of amides is 1. The first-order valence-corrected chi connectivity index (χ1v) is 13.4. The summed E-state index contributed by atoms with van der Waals surface area (Å²) in [4.78, 5) is 15.1. The van der Waals surface area contributed by atoms with E-state index in [1.54, 1.807) is 11.0 Å². The van der Waals surface area contributed by atoms with Crippen molar-refractivity contribution >= 4 is 15.7 Å². The Kier molecular flexibility index (Phi) is 7.07. The molecule has 1 aliphatic heterocycles. The first kappa shape index (κ1) is 24.0. The molecule has 0 spiro atoms. The van der Waals surface area contributed by atoms with E-state index in [9.17, 15) is 13.2 Å². The molecular formula is C26H30N2O5S. The zero-order valence-electron chi connectivity index (χ0n) is 19.8. The maximum atomic E-state index is 13.5. The highest BCUT2D eigenvalue weighted by Crippen LogP contribution is 2.26. The number of hydrogen-bond acceptors (Lipinski definition) is 6. The molecule has 3 aromatic rings. The van der Waals surface area contributed by atoms with Gasteiger partial charge in [0.05, 0.1) is 18.1 Å². The second kappa shape index (κ2) is 10.0. The molecule has 1 saturated heterocycles. The van der Waals surface area contributed by atoms with E-state index in [1.165, 1.54) is 5.56 Å². The SMILES string of the molecule is CCCOc1ccc(CN(C(=O)c2cc(-c3ccc(C)c(C)c3)on2)C2CCS(=O)(=O)C2)cc1. The van der Waals surface area contributed by atoms with Gasteiger partial charge in [0.2, 0.25) is 0 Å². The lowest BCUT2D eigenvalue weighted by atomic mass is 10.0. The topological polar surface area (TPSA) is 89.7 Å². The Labute approximate surface area is 200 Å². The highest BCUT2D eigenvalue weighted by Gasteiger charge is 2.36. The molecule has 2 aromatic carbocycles. The van der Waals surface area contributed by atoms with Crippen LogP contribution in [0.5, 0.6) is 5.75 Å². The predicted octanol–water partition coefficient (Wildman–Crippen LogP) is 4.58. The van der Waals surface area contributed by atoms with Crippen LogP contribution < -0.4 is 4.74 Å². The van der Waals surface area contributed by atoms with Crippen LogP contribution in [0.4, 0.5) is 0 Å². The van der Waals surface area contributed by atoms with E-state index in [2.05, 4.69) is 5.16 Å². The van der Waals surface area contributed by atoms with Gasteiger partial charge in [0.25, 0.3) is 5.91 Å². The summed E-state index contributed by atoms with van der Waals surface area (Å²) in [6, 6.07) is 14.7. The van der Waals surface area contributed by atoms with Crippen LogP contribution >= 0.6 is 0 Å². The average Bonchev–Trinajstić information content (AvgIpc) is 3.45. The molecule has 180 valence electrons. The van der Waals surface area contributed by atoms with Gasteiger partial charge in [-0.3, -0.25) is 4.79 Å². The first-order chi connectivity index (χ1) is 16.3. The zero-order valence-corrected chi connectivity index (χ0v) is 20.6. The largest absolute Gasteiger partial charge is 0.494 e. The molecule has 34 heavy (non-hydrogen) atoms. The van der Waals surface area contributed by atoms with Gasteiger partial charge < -0.3 is 14.2 Å². The fraction of sp³-hybridized carbons (Fsp3) is 0.385. The summed E-state index contributed by atoms with van der Waals surface area (Å²) in [5.41, 5.74) is 4.18. The van der Waals surface area contributed by atoms with E-state index in [0.29, 0.717) is 18.8 Å². The van der Waals surface area contributed by atoms with Gasteiger partial charge in [-0.05, 0) is 61.6 Å². The van der Waals surface area contributed by atoms with Gasteiger partial charge in [0.1, 0.15) is 5.75 Å². The molecule has 0 radical (unpaired) electrons. The minimum atomic E-state index is -3.17. The lowest BCUT2D eigenvalue weighted by Crippen LogP contribution is -2.40. The van der Waals surface area contributed by atoms with Crippen molar-refractivity contribution in [1.29, 1.82) is 0 Å². The predicted molar refractivity (Wildman–Crippen MR) is 131 cm³/mol. The number of nitrogens with zero attached hydrogens (tertiary/aromatic N) is 2. The van der Waals surface area contributed by atoms with Crippen molar-refractivity contribution in [2.24, 2.45) is 0 Å². The van der Waals surface area contributed by atoms with Crippen molar-refractivity contribution < 1.29 is 22.5 Å². The van der Waals surface area contributed by atoms with E-state index < -0.39 is 15.9 Å². The lowest BCUT2D eigenvalue weighted by molar-refractivity contribution is 0.0670. The van der Waals surface area contributed by atoms with E-state index in [1.807, 2.05) is 63.2 Å². The summed E-state index contributed by atoms with van der Waals surface area (Å²) in [6.07, 6.45) is 1.33. The van der Waals surface area contributed by atoms with E-state index in [-0.39, 0.29) is 29.7 Å². The van der Waals surface area contributed by atoms with Crippen molar-refractivity contribution in [2.45, 2.75) is 46.2 Å². The van der Waals surface area contributed by atoms with Gasteiger partial charge >= 0.3 is 0 Å². The summed E-state index contributed by atoms with van der Waals surface area (Å²) in [6.45, 7) is 7.01. The zero-order chi connectivity index (χ0) is 24.3. The van der Waals surface area contributed by atoms with Crippen LogP contribution in [0.3, 0.4) is 0 Å². The summed E-state index contributed by atoms with van der Waals surface area (Å²) >= 11 is 0. The molecule has 1 aliphatic rings. The monoisotopic (exact) mass is 482 g/mol. The Balaban J connectivity index is 1.58. The lowest BCUT2D eigenvalue weighted by Gasteiger charge is -2.27. The Morgan fingerprint density at radius 1 is 1.12 bits per heavy atom. The molecule has 0 bridgehead atoms. The molecule has 1 aromatic heterocycles. The Morgan fingerprint density at radius 3 is 2.53 bits per heavy atom. The normalized spacial score (nSPS) is 17.0. The van der Waals surface area contributed by atoms with Gasteiger partial charge in [0, 0.05) is 24.2 Å². The van der Waals surface area contributed by atoms with Crippen LogP contribution in [-0.4, -0.2) is 48.5 Å². The molecule has 1 unspecified atom stereocenters. The van der Waals surface area contributed by atoms with Crippen molar-refractivity contribution in [3.63, 3.8) is 0 Å². The minimum absolute atomic E-state index is 0.0434. The molecule has 7 nitrogen and oxygen atoms in total. The van der Waals surface area contributed by atoms with Crippen LogP contribution in [0.2, 0.25) is 0 Å². The van der Waals surface area contributed by atoms with E-state index in [0.717, 1.165) is 28.9 Å². The van der Waals surface area contributed by atoms with Crippen LogP contribution in [0.1, 0.15) is 46.9 Å². The van der Waals surface area contributed by atoms with E-state index >= 15 is 0 Å². The molecular weight excluding hydrogens is 452 g/mol. The number of aromatic nitrogens is 1. The molecule has 8 heteroatoms. The fourth-order valence-corrected chi connectivity index (χ4v) is 5.78. The first-order valence-electron chi connectivity index (χ1n) is 11.5. The quantitative estimate of drug-likeness (QED) is 0.467. The van der Waals surface area contributed by atoms with Gasteiger partial charge in [-0.1, -0.05) is 36.3 Å². The number of aryl methyl sites for hydroxylation is 2. The molecule has 0 saturated carbocycles. The summed E-state index contributed by atoms with van der Waals surface area (Å²) in [7, 11) is -3.17. The third-order valence-electron chi connectivity index (χ3n) is 6.18. The standard InChI is InChI=1S/C26H30N2O5S/c1-4-12-32-23-9-6-20(7-10-23)16-28(22-11-13-34(30,31)17-22)26(29)24-15-25(33-27-24)21-8-5-18(2)19(3)14-21/h5-10,14-15,22H,4,11-13,16-17H2,1-3H3. The molecule has 1 atom stereocenters. The van der Waals surface area contributed by atoms with Gasteiger partial charge in [-0.25, -0.2) is 8.42 Å². The number of carbonyl (C=O) groups is 1. The molecule has 4 rings (SSSR count). The number of carbonyl (C=O) groups excluding carboxylic acids is 1.